The highest BCUT2D eigenvalue weighted by Crippen LogP contribution is 2.24. The molecule has 0 aliphatic carbocycles. The average Bonchev–Trinajstić information content (AvgIpc) is 2.67. The maximum Gasteiger partial charge on any atom is 0.242 e. The number of hydrogen-bond donors (Lipinski definition) is 1. The van der Waals surface area contributed by atoms with Crippen molar-refractivity contribution in [2.45, 2.75) is 52.2 Å². The van der Waals surface area contributed by atoms with Crippen LogP contribution >= 0.6 is 23.2 Å². The van der Waals surface area contributed by atoms with Gasteiger partial charge < -0.3 is 15.0 Å². The van der Waals surface area contributed by atoms with Gasteiger partial charge in [0.2, 0.25) is 11.8 Å². The molecule has 0 saturated heterocycles. The Balaban J connectivity index is 2.29. The van der Waals surface area contributed by atoms with E-state index in [2.05, 4.69) is 5.32 Å². The third-order valence-electron chi connectivity index (χ3n) is 4.49. The fourth-order valence-electron chi connectivity index (χ4n) is 2.95. The molecule has 30 heavy (non-hydrogen) atoms. The number of hydrogen-bond acceptors (Lipinski definition) is 3. The summed E-state index contributed by atoms with van der Waals surface area (Å²) in [5.41, 5.74) is 1.19. The number of methoxy groups -OCH3 is 1. The highest BCUT2D eigenvalue weighted by Gasteiger charge is 2.28. The Morgan fingerprint density at radius 1 is 1.07 bits per heavy atom. The predicted octanol–water partition coefficient (Wildman–Crippen LogP) is 4.88. The van der Waals surface area contributed by atoms with Crippen LogP contribution in [0.15, 0.2) is 42.5 Å². The van der Waals surface area contributed by atoms with Gasteiger partial charge in [-0.3, -0.25) is 9.59 Å². The van der Waals surface area contributed by atoms with Crippen molar-refractivity contribution in [3.8, 4) is 5.75 Å². The molecule has 0 fully saturated rings. The first kappa shape index (κ1) is 24.0. The quantitative estimate of drug-likeness (QED) is 0.653. The molecule has 0 aliphatic rings. The number of carbonyl (C=O) groups excluding carboxylic acids is 2. The minimum Gasteiger partial charge on any atom is -0.497 e. The molecule has 0 radical (unpaired) electrons. The first-order chi connectivity index (χ1) is 14.0. The highest BCUT2D eigenvalue weighted by atomic mass is 35.5. The zero-order chi connectivity index (χ0) is 22.5. The van der Waals surface area contributed by atoms with Crippen molar-refractivity contribution >= 4 is 35.0 Å². The van der Waals surface area contributed by atoms with E-state index < -0.39 is 11.6 Å². The van der Waals surface area contributed by atoms with Gasteiger partial charge >= 0.3 is 0 Å². The molecule has 1 N–H and O–H groups in total. The lowest BCUT2D eigenvalue weighted by Crippen LogP contribution is -2.52. The number of carbonyl (C=O) groups is 2. The van der Waals surface area contributed by atoms with Gasteiger partial charge in [-0.2, -0.15) is 0 Å². The molecule has 7 heteroatoms. The van der Waals surface area contributed by atoms with E-state index in [1.54, 1.807) is 37.1 Å². The maximum atomic E-state index is 13.2. The summed E-state index contributed by atoms with van der Waals surface area (Å²) >= 11 is 12.1. The van der Waals surface area contributed by atoms with Gasteiger partial charge in [0.25, 0.3) is 0 Å². The number of benzene rings is 2. The van der Waals surface area contributed by atoms with Crippen molar-refractivity contribution in [3.63, 3.8) is 0 Å². The van der Waals surface area contributed by atoms with Crippen molar-refractivity contribution in [2.75, 3.05) is 7.11 Å². The summed E-state index contributed by atoms with van der Waals surface area (Å²) in [5, 5.41) is 3.77. The third kappa shape index (κ3) is 6.92. The summed E-state index contributed by atoms with van der Waals surface area (Å²) < 4.78 is 5.28. The molecule has 5 nitrogen and oxygen atoms in total. The summed E-state index contributed by atoms with van der Waals surface area (Å²) in [7, 11) is 1.59. The number of amides is 2. The van der Waals surface area contributed by atoms with Gasteiger partial charge in [-0.1, -0.05) is 41.4 Å². The molecular formula is C23H28Cl2N2O3. The summed E-state index contributed by atoms with van der Waals surface area (Å²) in [6, 6.07) is 11.9. The Morgan fingerprint density at radius 3 is 2.37 bits per heavy atom. The number of rotatable bonds is 7. The number of halogens is 2. The van der Waals surface area contributed by atoms with E-state index in [1.165, 1.54) is 0 Å². The predicted molar refractivity (Wildman–Crippen MR) is 121 cm³/mol. The Bertz CT molecular complexity index is 910. The van der Waals surface area contributed by atoms with Gasteiger partial charge in [-0.15, -0.1) is 0 Å². The average molecular weight is 451 g/mol. The standard InChI is InChI=1S/C23H28Cl2N2O3/c1-15(22(29)26-23(2,3)4)27(14-17-7-6-8-18(11-17)30-5)21(28)13-16-9-10-19(24)20(25)12-16/h6-12,15H,13-14H2,1-5H3,(H,26,29)/t15-/m1/s1. The molecule has 2 aromatic rings. The molecule has 0 saturated carbocycles. The third-order valence-corrected chi connectivity index (χ3v) is 5.23. The Labute approximate surface area is 188 Å². The lowest BCUT2D eigenvalue weighted by molar-refractivity contribution is -0.140. The van der Waals surface area contributed by atoms with Crippen LogP contribution in [0.1, 0.15) is 38.8 Å². The maximum absolute atomic E-state index is 13.2. The molecular weight excluding hydrogens is 423 g/mol. The normalized spacial score (nSPS) is 12.2. The molecule has 0 bridgehead atoms. The molecule has 0 aromatic heterocycles. The van der Waals surface area contributed by atoms with Crippen LogP contribution in [0.5, 0.6) is 5.75 Å². The largest absolute Gasteiger partial charge is 0.497 e. The van der Waals surface area contributed by atoms with Crippen molar-refractivity contribution < 1.29 is 14.3 Å². The topological polar surface area (TPSA) is 58.6 Å². The molecule has 0 aliphatic heterocycles. The Morgan fingerprint density at radius 2 is 1.77 bits per heavy atom. The van der Waals surface area contributed by atoms with E-state index in [9.17, 15) is 9.59 Å². The van der Waals surface area contributed by atoms with Gasteiger partial charge in [0.05, 0.1) is 23.6 Å². The molecule has 162 valence electrons. The Hall–Kier alpha value is -2.24. The second-order valence-corrected chi connectivity index (χ2v) is 9.03. The van der Waals surface area contributed by atoms with Crippen LogP contribution in [0, 0.1) is 0 Å². The summed E-state index contributed by atoms with van der Waals surface area (Å²) in [6.45, 7) is 7.72. The lowest BCUT2D eigenvalue weighted by Gasteiger charge is -2.31. The van der Waals surface area contributed by atoms with Crippen LogP contribution in [-0.4, -0.2) is 35.4 Å². The second-order valence-electron chi connectivity index (χ2n) is 8.21. The fraction of sp³-hybridized carbons (Fsp3) is 0.391. The lowest BCUT2D eigenvalue weighted by atomic mass is 10.1. The van der Waals surface area contributed by atoms with E-state index in [0.29, 0.717) is 15.8 Å². The minimum absolute atomic E-state index is 0.105. The number of nitrogens with zero attached hydrogens (tertiary/aromatic N) is 1. The molecule has 2 amide bonds. The van der Waals surface area contributed by atoms with Crippen molar-refractivity contribution in [1.82, 2.24) is 10.2 Å². The molecule has 2 rings (SSSR count). The summed E-state index contributed by atoms with van der Waals surface area (Å²) in [6.07, 6.45) is 0.105. The van der Waals surface area contributed by atoms with Gasteiger partial charge in [0.1, 0.15) is 11.8 Å². The fourth-order valence-corrected chi connectivity index (χ4v) is 3.27. The van der Waals surface area contributed by atoms with Gasteiger partial charge in [-0.05, 0) is 63.1 Å². The first-order valence-electron chi connectivity index (χ1n) is 9.68. The van der Waals surface area contributed by atoms with E-state index >= 15 is 0 Å². The van der Waals surface area contributed by atoms with Crippen molar-refractivity contribution in [3.05, 3.63) is 63.6 Å². The minimum atomic E-state index is -0.661. The van der Waals surface area contributed by atoms with Crippen LogP contribution < -0.4 is 10.1 Å². The zero-order valence-electron chi connectivity index (χ0n) is 18.0. The van der Waals surface area contributed by atoms with Gasteiger partial charge in [0, 0.05) is 12.1 Å². The van der Waals surface area contributed by atoms with E-state index in [0.717, 1.165) is 11.1 Å². The monoisotopic (exact) mass is 450 g/mol. The summed E-state index contributed by atoms with van der Waals surface area (Å²) in [4.78, 5) is 27.6. The number of ether oxygens (including phenoxy) is 1. The van der Waals surface area contributed by atoms with Gasteiger partial charge in [-0.25, -0.2) is 0 Å². The second kappa shape index (κ2) is 10.2. The van der Waals surface area contributed by atoms with Crippen LogP contribution in [0.25, 0.3) is 0 Å². The molecule has 1 atom stereocenters. The van der Waals surface area contributed by atoms with Crippen LogP contribution in [0.3, 0.4) is 0 Å². The molecule has 0 unspecified atom stereocenters. The Kier molecular flexibility index (Phi) is 8.16. The summed E-state index contributed by atoms with van der Waals surface area (Å²) in [5.74, 6) is 0.289. The molecule has 2 aromatic carbocycles. The van der Waals surface area contributed by atoms with Crippen LogP contribution in [0.4, 0.5) is 0 Å². The van der Waals surface area contributed by atoms with E-state index in [-0.39, 0.29) is 24.8 Å². The van der Waals surface area contributed by atoms with Crippen molar-refractivity contribution in [2.24, 2.45) is 0 Å². The highest BCUT2D eigenvalue weighted by molar-refractivity contribution is 6.42. The molecule has 0 spiro atoms. The number of nitrogens with one attached hydrogen (secondary N) is 1. The van der Waals surface area contributed by atoms with E-state index in [4.69, 9.17) is 27.9 Å². The van der Waals surface area contributed by atoms with Crippen LogP contribution in [-0.2, 0) is 22.6 Å². The van der Waals surface area contributed by atoms with Crippen molar-refractivity contribution in [1.29, 1.82) is 0 Å². The smallest absolute Gasteiger partial charge is 0.242 e. The SMILES string of the molecule is COc1cccc(CN(C(=O)Cc2ccc(Cl)c(Cl)c2)[C@H](C)C(=O)NC(C)(C)C)c1. The van der Waals surface area contributed by atoms with E-state index in [1.807, 2.05) is 45.0 Å². The molecule has 0 heterocycles. The first-order valence-corrected chi connectivity index (χ1v) is 10.4. The van der Waals surface area contributed by atoms with Gasteiger partial charge in [0.15, 0.2) is 0 Å². The zero-order valence-corrected chi connectivity index (χ0v) is 19.5. The van der Waals surface area contributed by atoms with Crippen LogP contribution in [0.2, 0.25) is 10.0 Å².